The zero-order valence-electron chi connectivity index (χ0n) is 2.81. The summed E-state index contributed by atoms with van der Waals surface area (Å²) in [7, 11) is 1.57. The van der Waals surface area contributed by atoms with Crippen LogP contribution in [0.25, 0.3) is 0 Å². The summed E-state index contributed by atoms with van der Waals surface area (Å²) in [5.41, 5.74) is 0. The van der Waals surface area contributed by atoms with Gasteiger partial charge in [-0.3, -0.25) is 4.99 Å². The van der Waals surface area contributed by atoms with E-state index in [0.29, 0.717) is 0 Å². The summed E-state index contributed by atoms with van der Waals surface area (Å²) in [5, 5.41) is 0. The van der Waals surface area contributed by atoms with Crippen molar-refractivity contribution in [2.45, 2.75) is 0 Å². The number of rotatable bonds is 1. The molecule has 30 valence electrons. The quantitative estimate of drug-likeness (QED) is 0.347. The van der Waals surface area contributed by atoms with Crippen molar-refractivity contribution in [3.05, 3.63) is 0 Å². The smallest absolute Gasteiger partial charge is 0.195 e. The van der Waals surface area contributed by atoms with Crippen LogP contribution in [0.4, 0.5) is 0 Å². The molecule has 2 nitrogen and oxygen atoms in total. The molecule has 5 heavy (non-hydrogen) atoms. The highest BCUT2D eigenvalue weighted by molar-refractivity contribution is 6.11. The Morgan fingerprint density at radius 3 is 2.60 bits per heavy atom. The van der Waals surface area contributed by atoms with Crippen molar-refractivity contribution in [3.63, 3.8) is 0 Å². The van der Waals surface area contributed by atoms with Crippen molar-refractivity contribution in [2.75, 3.05) is 7.05 Å². The van der Waals surface area contributed by atoms with Crippen LogP contribution < -0.4 is 0 Å². The van der Waals surface area contributed by atoms with Crippen LogP contribution in [0.2, 0.25) is 0 Å². The third-order valence-electron chi connectivity index (χ3n) is 0.145. The van der Waals surface area contributed by atoms with Crippen molar-refractivity contribution in [1.82, 2.24) is 0 Å². The Bertz CT molecular complexity index is 36.6. The number of hydrogen-bond donors (Lipinski definition) is 0. The Labute approximate surface area is 35.6 Å². The van der Waals surface area contributed by atoms with Crippen LogP contribution in [-0.2, 0) is 4.29 Å². The number of nitrogens with zero attached hydrogens (tertiary/aromatic N) is 1. The van der Waals surface area contributed by atoms with Gasteiger partial charge in [-0.05, 0) is 0 Å². The molecule has 0 N–H and O–H groups in total. The van der Waals surface area contributed by atoms with E-state index in [2.05, 4.69) is 21.1 Å². The molecule has 0 heterocycles. The molecule has 0 saturated carbocycles. The van der Waals surface area contributed by atoms with Crippen LogP contribution in [0, 0.1) is 0 Å². The molecule has 0 aliphatic carbocycles. The molecule has 0 atom stereocenters. The number of aliphatic imine (C=N–C) groups is 1. The average molecular weight is 93.5 g/mol. The first-order valence-electron chi connectivity index (χ1n) is 1.10. The molecule has 0 aliphatic rings. The fraction of sp³-hybridized carbons (Fsp3) is 0.500. The van der Waals surface area contributed by atoms with Crippen LogP contribution in [-0.4, -0.2) is 13.4 Å². The minimum Gasteiger partial charge on any atom is -0.373 e. The lowest BCUT2D eigenvalue weighted by molar-refractivity contribution is 0.642. The monoisotopic (exact) mass is 93.0 g/mol. The van der Waals surface area contributed by atoms with Gasteiger partial charge in [0.2, 0.25) is 0 Å². The van der Waals surface area contributed by atoms with Gasteiger partial charge >= 0.3 is 0 Å². The Morgan fingerprint density at radius 2 is 2.60 bits per heavy atom. The lowest BCUT2D eigenvalue weighted by Crippen LogP contribution is -1.62. The molecule has 0 aromatic heterocycles. The van der Waals surface area contributed by atoms with Crippen molar-refractivity contribution in [2.24, 2.45) is 4.99 Å². The van der Waals surface area contributed by atoms with E-state index in [1.54, 1.807) is 7.05 Å². The number of hydrogen-bond acceptors (Lipinski definition) is 2. The lowest BCUT2D eigenvalue weighted by Gasteiger charge is -1.69. The molecule has 0 aliphatic heterocycles. The van der Waals surface area contributed by atoms with Crippen LogP contribution in [0.5, 0.6) is 0 Å². The molecule has 3 heteroatoms. The zero-order chi connectivity index (χ0) is 4.12. The van der Waals surface area contributed by atoms with Crippen LogP contribution in [0.15, 0.2) is 4.99 Å². The molecular formula is C2H4ClNO. The summed E-state index contributed by atoms with van der Waals surface area (Å²) in [6.45, 7) is 0. The Morgan fingerprint density at radius 1 is 2.00 bits per heavy atom. The second kappa shape index (κ2) is 3.76. The molecule has 0 rings (SSSR count). The Hall–Kier alpha value is -0.240. The standard InChI is InChI=1S/C2H4ClNO/c1-4-2-5-3/h2H,1H3. The van der Waals surface area contributed by atoms with E-state index >= 15 is 0 Å². The molecule has 0 fully saturated rings. The third kappa shape index (κ3) is 3.76. The normalized spacial score (nSPS) is 9.20. The van der Waals surface area contributed by atoms with Gasteiger partial charge in [-0.2, -0.15) is 0 Å². The van der Waals surface area contributed by atoms with Gasteiger partial charge in [-0.15, -0.1) is 0 Å². The molecule has 0 spiro atoms. The van der Waals surface area contributed by atoms with Crippen molar-refractivity contribution < 1.29 is 4.29 Å². The predicted molar refractivity (Wildman–Crippen MR) is 21.4 cm³/mol. The molecule has 0 saturated heterocycles. The first-order chi connectivity index (χ1) is 2.41. The molecule has 0 aromatic rings. The van der Waals surface area contributed by atoms with Crippen molar-refractivity contribution in [3.8, 4) is 0 Å². The third-order valence-corrected chi connectivity index (χ3v) is 0.225. The average Bonchev–Trinajstić information content (AvgIpc) is 1.41. The maximum absolute atomic E-state index is 4.65. The highest BCUT2D eigenvalue weighted by Crippen LogP contribution is 1.67. The summed E-state index contributed by atoms with van der Waals surface area (Å²) in [5.74, 6) is 0. The van der Waals surface area contributed by atoms with Gasteiger partial charge in [0, 0.05) is 7.05 Å². The minimum absolute atomic E-state index is 1.14. The van der Waals surface area contributed by atoms with Gasteiger partial charge in [0.05, 0.1) is 0 Å². The first kappa shape index (κ1) is 4.76. The van der Waals surface area contributed by atoms with E-state index in [1.807, 2.05) is 0 Å². The largest absolute Gasteiger partial charge is 0.373 e. The van der Waals surface area contributed by atoms with Gasteiger partial charge in [-0.1, -0.05) is 0 Å². The fourth-order valence-corrected chi connectivity index (χ4v) is 0.120. The van der Waals surface area contributed by atoms with Gasteiger partial charge in [-0.25, -0.2) is 0 Å². The second-order valence-electron chi connectivity index (χ2n) is 0.453. The maximum Gasteiger partial charge on any atom is 0.195 e. The highest BCUT2D eigenvalue weighted by Gasteiger charge is 1.51. The van der Waals surface area contributed by atoms with E-state index < -0.39 is 0 Å². The lowest BCUT2D eigenvalue weighted by atomic mass is 11.4. The Balaban J connectivity index is 2.62. The number of halogens is 1. The van der Waals surface area contributed by atoms with Gasteiger partial charge in [0.15, 0.2) is 6.40 Å². The van der Waals surface area contributed by atoms with Crippen LogP contribution in [0.1, 0.15) is 0 Å². The van der Waals surface area contributed by atoms with Gasteiger partial charge in [0.25, 0.3) is 0 Å². The predicted octanol–water partition coefficient (Wildman–Crippen LogP) is 0.815. The van der Waals surface area contributed by atoms with Crippen molar-refractivity contribution >= 4 is 18.3 Å². The SMILES string of the molecule is CN=COCl. The minimum atomic E-state index is 1.14. The first-order valence-corrected chi connectivity index (χ1v) is 1.40. The van der Waals surface area contributed by atoms with E-state index in [1.165, 1.54) is 0 Å². The second-order valence-corrected chi connectivity index (χ2v) is 0.631. The van der Waals surface area contributed by atoms with E-state index in [-0.39, 0.29) is 0 Å². The van der Waals surface area contributed by atoms with Gasteiger partial charge in [0.1, 0.15) is 11.9 Å². The van der Waals surface area contributed by atoms with Crippen LogP contribution >= 0.6 is 11.9 Å². The molecule has 0 aromatic carbocycles. The Kier molecular flexibility index (Phi) is 3.58. The topological polar surface area (TPSA) is 21.6 Å². The fourth-order valence-electron chi connectivity index (χ4n) is 0.0398. The van der Waals surface area contributed by atoms with E-state index in [0.717, 1.165) is 6.40 Å². The summed E-state index contributed by atoms with van der Waals surface area (Å²) in [4.78, 5) is 3.38. The molecule has 0 amide bonds. The molecular weight excluding hydrogens is 89.5 g/mol. The summed E-state index contributed by atoms with van der Waals surface area (Å²) >= 11 is 4.65. The highest BCUT2D eigenvalue weighted by atomic mass is 35.5. The summed E-state index contributed by atoms with van der Waals surface area (Å²) < 4.78 is 3.87. The van der Waals surface area contributed by atoms with Gasteiger partial charge < -0.3 is 4.29 Å². The van der Waals surface area contributed by atoms with Crippen molar-refractivity contribution in [1.29, 1.82) is 0 Å². The van der Waals surface area contributed by atoms with Crippen LogP contribution in [0.3, 0.4) is 0 Å². The summed E-state index contributed by atoms with van der Waals surface area (Å²) in [6, 6.07) is 0. The van der Waals surface area contributed by atoms with E-state index in [9.17, 15) is 0 Å². The maximum atomic E-state index is 4.65. The molecule has 0 bridgehead atoms. The zero-order valence-corrected chi connectivity index (χ0v) is 3.57. The molecule has 0 radical (unpaired) electrons. The van der Waals surface area contributed by atoms with E-state index in [4.69, 9.17) is 0 Å². The summed E-state index contributed by atoms with van der Waals surface area (Å²) in [6.07, 6.45) is 1.14. The molecule has 0 unspecified atom stereocenters.